The Morgan fingerprint density at radius 1 is 1.18 bits per heavy atom. The number of aliphatic hydroxyl groups excluding tert-OH is 1. The number of ether oxygens (including phenoxy) is 3. The lowest BCUT2D eigenvalue weighted by Gasteiger charge is -2.41. The molecule has 1 saturated heterocycles. The molecule has 38 heavy (non-hydrogen) atoms. The molecular formula is C28H38FN5O4. The van der Waals surface area contributed by atoms with Crippen LogP contribution in [0.2, 0.25) is 0 Å². The van der Waals surface area contributed by atoms with Crippen LogP contribution in [0.15, 0.2) is 48.8 Å². The Morgan fingerprint density at radius 2 is 1.92 bits per heavy atom. The van der Waals surface area contributed by atoms with Gasteiger partial charge in [0.2, 0.25) is 0 Å². The highest BCUT2D eigenvalue weighted by Gasteiger charge is 2.38. The van der Waals surface area contributed by atoms with Crippen LogP contribution < -0.4 is 0 Å². The molecule has 3 heterocycles. The van der Waals surface area contributed by atoms with E-state index in [4.69, 9.17) is 14.2 Å². The number of aryl methyl sites for hydroxylation is 1. The molecule has 0 radical (unpaired) electrons. The number of likely N-dealkylation sites (N-methyl/N-ethyl adjacent to an activating group) is 1. The minimum absolute atomic E-state index is 0.0180. The fraction of sp³-hybridized carbons (Fsp3) is 0.536. The Bertz CT molecular complexity index is 1140. The molecule has 9 nitrogen and oxygen atoms in total. The van der Waals surface area contributed by atoms with Gasteiger partial charge in [-0.15, -0.1) is 5.10 Å². The Kier molecular flexibility index (Phi) is 9.56. The third-order valence-corrected chi connectivity index (χ3v) is 7.27. The maximum atomic E-state index is 14.3. The van der Waals surface area contributed by atoms with Gasteiger partial charge in [0.25, 0.3) is 0 Å². The highest BCUT2D eigenvalue weighted by atomic mass is 19.1. The molecule has 0 spiro atoms. The van der Waals surface area contributed by atoms with E-state index in [1.165, 1.54) is 7.11 Å². The number of aliphatic hydroxyl groups is 1. The van der Waals surface area contributed by atoms with E-state index in [0.717, 1.165) is 28.1 Å². The zero-order valence-corrected chi connectivity index (χ0v) is 22.7. The zero-order valence-electron chi connectivity index (χ0n) is 22.7. The van der Waals surface area contributed by atoms with Crippen LogP contribution in [0.25, 0.3) is 11.1 Å². The first-order valence-corrected chi connectivity index (χ1v) is 12.9. The van der Waals surface area contributed by atoms with Gasteiger partial charge in [0.05, 0.1) is 11.8 Å². The first kappa shape index (κ1) is 28.3. The summed E-state index contributed by atoms with van der Waals surface area (Å²) in [5, 5.41) is 19.1. The van der Waals surface area contributed by atoms with Crippen molar-refractivity contribution in [3.05, 3.63) is 65.7 Å². The van der Waals surface area contributed by atoms with Crippen LogP contribution in [-0.4, -0.2) is 89.0 Å². The van der Waals surface area contributed by atoms with E-state index in [-0.39, 0.29) is 12.1 Å². The number of nitrogens with zero attached hydrogens (tertiary/aromatic N) is 5. The van der Waals surface area contributed by atoms with Gasteiger partial charge in [-0.05, 0) is 44.5 Å². The second kappa shape index (κ2) is 12.9. The number of methoxy groups -OCH3 is 2. The van der Waals surface area contributed by atoms with Crippen LogP contribution in [0.3, 0.4) is 0 Å². The molecule has 6 atom stereocenters. The van der Waals surface area contributed by atoms with Gasteiger partial charge in [-0.1, -0.05) is 35.5 Å². The Labute approximate surface area is 223 Å². The summed E-state index contributed by atoms with van der Waals surface area (Å²) in [4.78, 5) is 6.45. The van der Waals surface area contributed by atoms with Gasteiger partial charge in [0.1, 0.15) is 24.9 Å². The predicted octanol–water partition coefficient (Wildman–Crippen LogP) is 3.53. The summed E-state index contributed by atoms with van der Waals surface area (Å²) in [7, 11) is 5.07. The van der Waals surface area contributed by atoms with Crippen molar-refractivity contribution in [2.24, 2.45) is 0 Å². The highest BCUT2D eigenvalue weighted by Crippen LogP contribution is 2.31. The van der Waals surface area contributed by atoms with Crippen molar-refractivity contribution in [2.75, 3.05) is 34.5 Å². The molecule has 206 valence electrons. The Hall–Kier alpha value is -2.76. The van der Waals surface area contributed by atoms with Gasteiger partial charge in [-0.25, -0.2) is 9.07 Å². The summed E-state index contributed by atoms with van der Waals surface area (Å²) >= 11 is 0. The standard InChI is InChI=1S/C28H38FN5O4/c1-18-6-7-22(16-30-18)20-8-10-21(11-9-20)27(36-4)25(15-29)34-17-23(31-32-34)12-13-33(3)24-14-19(2)38-28(37-5)26(24)35/h6-11,16-17,19,24-28,35H,12-15H2,1-5H3/t19-,24+,25-,26?,27-,28-/m1/s1. The summed E-state index contributed by atoms with van der Waals surface area (Å²) in [5.74, 6) is 0. The predicted molar refractivity (Wildman–Crippen MR) is 141 cm³/mol. The molecule has 2 aromatic heterocycles. The minimum atomic E-state index is -0.746. The van der Waals surface area contributed by atoms with Crippen molar-refractivity contribution in [1.82, 2.24) is 24.9 Å². The number of benzene rings is 1. The summed E-state index contributed by atoms with van der Waals surface area (Å²) in [6.07, 6.45) is 2.97. The lowest BCUT2D eigenvalue weighted by atomic mass is 9.98. The molecule has 4 rings (SSSR count). The monoisotopic (exact) mass is 527 g/mol. The van der Waals surface area contributed by atoms with E-state index < -0.39 is 31.2 Å². The maximum absolute atomic E-state index is 14.3. The normalized spacial score (nSPS) is 23.5. The van der Waals surface area contributed by atoms with Crippen LogP contribution in [0.5, 0.6) is 0 Å². The van der Waals surface area contributed by atoms with E-state index >= 15 is 0 Å². The van der Waals surface area contributed by atoms with Gasteiger partial charge >= 0.3 is 0 Å². The molecule has 10 heteroatoms. The number of rotatable bonds is 11. The third-order valence-electron chi connectivity index (χ3n) is 7.27. The highest BCUT2D eigenvalue weighted by molar-refractivity contribution is 5.62. The molecule has 1 aliphatic rings. The molecule has 0 saturated carbocycles. The average Bonchev–Trinajstić information content (AvgIpc) is 3.40. The molecule has 1 unspecified atom stereocenters. The fourth-order valence-electron chi connectivity index (χ4n) is 5.02. The van der Waals surface area contributed by atoms with Gasteiger partial charge in [0, 0.05) is 56.9 Å². The zero-order chi connectivity index (χ0) is 27.2. The van der Waals surface area contributed by atoms with Crippen molar-refractivity contribution < 1.29 is 23.7 Å². The van der Waals surface area contributed by atoms with Crippen LogP contribution in [-0.2, 0) is 20.6 Å². The van der Waals surface area contributed by atoms with E-state index in [9.17, 15) is 9.50 Å². The fourth-order valence-corrected chi connectivity index (χ4v) is 5.02. The number of hydrogen-bond donors (Lipinski definition) is 1. The van der Waals surface area contributed by atoms with Crippen LogP contribution in [0, 0.1) is 6.92 Å². The Morgan fingerprint density at radius 3 is 2.55 bits per heavy atom. The number of halogens is 1. The van der Waals surface area contributed by atoms with Gasteiger partial charge in [-0.2, -0.15) is 0 Å². The van der Waals surface area contributed by atoms with Gasteiger partial charge in [0.15, 0.2) is 6.29 Å². The number of pyridine rings is 1. The van der Waals surface area contributed by atoms with E-state index in [0.29, 0.717) is 19.4 Å². The summed E-state index contributed by atoms with van der Waals surface area (Å²) in [6.45, 7) is 3.91. The second-order valence-corrected chi connectivity index (χ2v) is 9.95. The minimum Gasteiger partial charge on any atom is -0.386 e. The smallest absolute Gasteiger partial charge is 0.184 e. The molecular weight excluding hydrogens is 489 g/mol. The van der Waals surface area contributed by atoms with Crippen molar-refractivity contribution in [3.63, 3.8) is 0 Å². The molecule has 0 amide bonds. The van der Waals surface area contributed by atoms with E-state index in [2.05, 4.69) is 20.2 Å². The summed E-state index contributed by atoms with van der Waals surface area (Å²) in [6, 6.07) is 11.1. The number of alkyl halides is 1. The quantitative estimate of drug-likeness (QED) is 0.405. The topological polar surface area (TPSA) is 94.8 Å². The molecule has 1 aliphatic heterocycles. The summed E-state index contributed by atoms with van der Waals surface area (Å²) < 4.78 is 32.6. The second-order valence-electron chi connectivity index (χ2n) is 9.95. The maximum Gasteiger partial charge on any atom is 0.184 e. The van der Waals surface area contributed by atoms with Crippen molar-refractivity contribution in [3.8, 4) is 11.1 Å². The lowest BCUT2D eigenvalue weighted by molar-refractivity contribution is -0.243. The van der Waals surface area contributed by atoms with E-state index in [1.54, 1.807) is 18.0 Å². The van der Waals surface area contributed by atoms with Gasteiger partial charge < -0.3 is 24.2 Å². The first-order valence-electron chi connectivity index (χ1n) is 12.9. The van der Waals surface area contributed by atoms with Crippen molar-refractivity contribution >= 4 is 0 Å². The molecule has 1 N–H and O–H groups in total. The van der Waals surface area contributed by atoms with Crippen molar-refractivity contribution in [1.29, 1.82) is 0 Å². The molecule has 1 fully saturated rings. The van der Waals surface area contributed by atoms with Gasteiger partial charge in [-0.3, -0.25) is 4.98 Å². The largest absolute Gasteiger partial charge is 0.386 e. The third kappa shape index (κ3) is 6.44. The van der Waals surface area contributed by atoms with Crippen LogP contribution >= 0.6 is 0 Å². The number of aromatic nitrogens is 4. The molecule has 0 bridgehead atoms. The summed E-state index contributed by atoms with van der Waals surface area (Å²) in [5.41, 5.74) is 4.60. The van der Waals surface area contributed by atoms with Crippen LogP contribution in [0.4, 0.5) is 4.39 Å². The van der Waals surface area contributed by atoms with E-state index in [1.807, 2.05) is 63.5 Å². The molecule has 1 aromatic carbocycles. The molecule has 3 aromatic rings. The SMILES string of the molecule is CO[C@@H]1O[C@H](C)C[C@H](N(C)CCc2cn([C@H](CF)[C@H](OC)c3ccc(-c4ccc(C)nc4)cc3)nn2)C1O. The Balaban J connectivity index is 1.41. The van der Waals surface area contributed by atoms with Crippen LogP contribution in [0.1, 0.15) is 42.4 Å². The lowest BCUT2D eigenvalue weighted by Crippen LogP contribution is -2.55. The average molecular weight is 528 g/mol. The number of hydrogen-bond acceptors (Lipinski definition) is 8. The molecule has 0 aliphatic carbocycles. The van der Waals surface area contributed by atoms with Crippen molar-refractivity contribution in [2.45, 2.75) is 63.4 Å². The first-order chi connectivity index (χ1) is 18.3.